The van der Waals surface area contributed by atoms with Gasteiger partial charge in [-0.25, -0.2) is 4.79 Å². The highest BCUT2D eigenvalue weighted by Gasteiger charge is 2.15. The smallest absolute Gasteiger partial charge is 0.331 e. The summed E-state index contributed by atoms with van der Waals surface area (Å²) in [7, 11) is 1.42. The molecule has 2 amide bonds. The van der Waals surface area contributed by atoms with Crippen molar-refractivity contribution in [1.82, 2.24) is 4.90 Å². The van der Waals surface area contributed by atoms with Crippen LogP contribution in [0.3, 0.4) is 0 Å². The van der Waals surface area contributed by atoms with E-state index in [2.05, 4.69) is 5.32 Å². The molecule has 160 valence electrons. The van der Waals surface area contributed by atoms with E-state index in [1.54, 1.807) is 48.5 Å². The highest BCUT2D eigenvalue weighted by Crippen LogP contribution is 2.20. The van der Waals surface area contributed by atoms with Gasteiger partial charge in [0.25, 0.3) is 5.91 Å². The van der Waals surface area contributed by atoms with E-state index in [-0.39, 0.29) is 13.2 Å². The number of likely N-dealkylation sites (N-methyl/N-ethyl adjacent to an activating group) is 1. The molecule has 1 N–H and O–H groups in total. The predicted molar refractivity (Wildman–Crippen MR) is 115 cm³/mol. The average molecular weight is 442 g/mol. The molecule has 2 rings (SSSR count). The van der Waals surface area contributed by atoms with Crippen molar-refractivity contribution in [3.63, 3.8) is 0 Å². The number of hydrogen-bond acceptors (Lipinski definition) is 6. The van der Waals surface area contributed by atoms with E-state index in [4.69, 9.17) is 26.3 Å². The number of rotatable bonds is 9. The van der Waals surface area contributed by atoms with Crippen LogP contribution in [0.1, 0.15) is 5.56 Å². The largest absolute Gasteiger partial charge is 0.479 e. The zero-order valence-electron chi connectivity index (χ0n) is 16.7. The number of carbonyl (C=O) groups is 3. The summed E-state index contributed by atoms with van der Waals surface area (Å²) in [5, 5.41) is 11.5. The van der Waals surface area contributed by atoms with Gasteiger partial charge in [0.1, 0.15) is 11.8 Å². The van der Waals surface area contributed by atoms with Crippen molar-refractivity contribution in [3.05, 3.63) is 65.2 Å². The molecular weight excluding hydrogens is 422 g/mol. The Morgan fingerprint density at radius 2 is 1.87 bits per heavy atom. The molecule has 0 fully saturated rings. The van der Waals surface area contributed by atoms with E-state index < -0.39 is 24.4 Å². The van der Waals surface area contributed by atoms with Crippen LogP contribution < -0.4 is 10.1 Å². The molecule has 0 aliphatic carbocycles. The van der Waals surface area contributed by atoms with E-state index in [1.165, 1.54) is 19.2 Å². The van der Waals surface area contributed by atoms with Crippen LogP contribution in [0.25, 0.3) is 6.08 Å². The standard InChI is InChI=1S/C22H20ClN3O5/c1-26(14-20(27)25-19-5-3-2-4-18(19)23)21(28)15-31-22(29)11-8-16-6-9-17(10-7-16)30-13-12-24/h2-11H,13-15H2,1H3,(H,25,27)/b11-8+. The van der Waals surface area contributed by atoms with Crippen LogP contribution in [0.5, 0.6) is 5.75 Å². The van der Waals surface area contributed by atoms with Gasteiger partial charge in [-0.2, -0.15) is 5.26 Å². The maximum Gasteiger partial charge on any atom is 0.331 e. The summed E-state index contributed by atoms with van der Waals surface area (Å²) in [5.41, 5.74) is 1.15. The lowest BCUT2D eigenvalue weighted by Gasteiger charge is -2.16. The highest BCUT2D eigenvalue weighted by atomic mass is 35.5. The van der Waals surface area contributed by atoms with Crippen LogP contribution in [-0.4, -0.2) is 49.5 Å². The lowest BCUT2D eigenvalue weighted by molar-refractivity contribution is -0.148. The lowest BCUT2D eigenvalue weighted by atomic mass is 10.2. The minimum Gasteiger partial charge on any atom is -0.479 e. The maximum atomic E-state index is 12.1. The number of halogens is 1. The second kappa shape index (κ2) is 12.0. The summed E-state index contributed by atoms with van der Waals surface area (Å²) in [6.07, 6.45) is 2.70. The van der Waals surface area contributed by atoms with E-state index in [9.17, 15) is 14.4 Å². The van der Waals surface area contributed by atoms with E-state index >= 15 is 0 Å². The van der Waals surface area contributed by atoms with Gasteiger partial charge in [-0.15, -0.1) is 0 Å². The first kappa shape index (κ1) is 23.4. The Morgan fingerprint density at radius 3 is 2.55 bits per heavy atom. The Kier molecular flexibility index (Phi) is 9.08. The van der Waals surface area contributed by atoms with Crippen LogP contribution in [0.15, 0.2) is 54.6 Å². The van der Waals surface area contributed by atoms with Crippen molar-refractivity contribution in [2.45, 2.75) is 0 Å². The van der Waals surface area contributed by atoms with Gasteiger partial charge in [0, 0.05) is 13.1 Å². The number of ether oxygens (including phenoxy) is 2. The fourth-order valence-corrected chi connectivity index (χ4v) is 2.49. The SMILES string of the molecule is CN(CC(=O)Nc1ccccc1Cl)C(=O)COC(=O)/C=C/c1ccc(OCC#N)cc1. The number of para-hydroxylation sites is 1. The van der Waals surface area contributed by atoms with Crippen LogP contribution in [-0.2, 0) is 19.1 Å². The fourth-order valence-electron chi connectivity index (χ4n) is 2.30. The minimum absolute atomic E-state index is 0.0500. The average Bonchev–Trinajstić information content (AvgIpc) is 2.76. The molecule has 0 aliphatic heterocycles. The van der Waals surface area contributed by atoms with Gasteiger partial charge in [-0.1, -0.05) is 35.9 Å². The van der Waals surface area contributed by atoms with Crippen molar-refractivity contribution in [2.75, 3.05) is 32.1 Å². The van der Waals surface area contributed by atoms with Gasteiger partial charge in [-0.05, 0) is 35.9 Å². The van der Waals surface area contributed by atoms with Gasteiger partial charge >= 0.3 is 5.97 Å². The molecule has 0 saturated heterocycles. The maximum absolute atomic E-state index is 12.1. The first-order chi connectivity index (χ1) is 14.9. The molecule has 0 aliphatic rings. The number of anilines is 1. The molecule has 0 radical (unpaired) electrons. The Labute approximate surface area is 184 Å². The van der Waals surface area contributed by atoms with Crippen molar-refractivity contribution >= 4 is 41.1 Å². The Balaban J connectivity index is 1.75. The molecule has 0 unspecified atom stereocenters. The quantitative estimate of drug-likeness (QED) is 0.473. The topological polar surface area (TPSA) is 109 Å². The Bertz CT molecular complexity index is 999. The molecule has 0 bridgehead atoms. The van der Waals surface area contributed by atoms with Crippen molar-refractivity contribution in [3.8, 4) is 11.8 Å². The third-order valence-electron chi connectivity index (χ3n) is 3.89. The Hall–Kier alpha value is -3.83. The van der Waals surface area contributed by atoms with Gasteiger partial charge in [0.15, 0.2) is 13.2 Å². The third kappa shape index (κ3) is 8.20. The summed E-state index contributed by atoms with van der Waals surface area (Å²) in [4.78, 5) is 37.1. The molecule has 0 aromatic heterocycles. The number of amides is 2. The normalized spacial score (nSPS) is 10.2. The summed E-state index contributed by atoms with van der Waals surface area (Å²) in [6, 6.07) is 15.3. The van der Waals surface area contributed by atoms with Gasteiger partial charge < -0.3 is 19.7 Å². The molecule has 0 spiro atoms. The van der Waals surface area contributed by atoms with E-state index in [0.29, 0.717) is 22.0 Å². The second-order valence-corrected chi connectivity index (χ2v) is 6.64. The summed E-state index contributed by atoms with van der Waals surface area (Å²) in [5.74, 6) is -1.13. The number of nitriles is 1. The summed E-state index contributed by atoms with van der Waals surface area (Å²) >= 11 is 5.98. The Morgan fingerprint density at radius 1 is 1.16 bits per heavy atom. The highest BCUT2D eigenvalue weighted by molar-refractivity contribution is 6.33. The van der Waals surface area contributed by atoms with Gasteiger partial charge in [0.2, 0.25) is 5.91 Å². The monoisotopic (exact) mass is 441 g/mol. The van der Waals surface area contributed by atoms with E-state index in [0.717, 1.165) is 4.90 Å². The molecule has 9 heteroatoms. The second-order valence-electron chi connectivity index (χ2n) is 6.23. The number of esters is 1. The van der Waals surface area contributed by atoms with Crippen molar-refractivity contribution < 1.29 is 23.9 Å². The minimum atomic E-state index is -0.702. The number of nitrogens with zero attached hydrogens (tertiary/aromatic N) is 2. The number of benzene rings is 2. The molecule has 0 heterocycles. The molecule has 8 nitrogen and oxygen atoms in total. The molecule has 0 atom stereocenters. The van der Waals surface area contributed by atoms with Gasteiger partial charge in [0.05, 0.1) is 17.3 Å². The molecule has 2 aromatic carbocycles. The van der Waals surface area contributed by atoms with Crippen LogP contribution in [0.4, 0.5) is 5.69 Å². The van der Waals surface area contributed by atoms with Crippen molar-refractivity contribution in [1.29, 1.82) is 5.26 Å². The fraction of sp³-hybridized carbons (Fsp3) is 0.182. The van der Waals surface area contributed by atoms with Crippen LogP contribution >= 0.6 is 11.6 Å². The molecule has 0 saturated carbocycles. The zero-order valence-corrected chi connectivity index (χ0v) is 17.5. The van der Waals surface area contributed by atoms with Crippen molar-refractivity contribution in [2.24, 2.45) is 0 Å². The van der Waals surface area contributed by atoms with E-state index in [1.807, 2.05) is 6.07 Å². The molecule has 2 aromatic rings. The third-order valence-corrected chi connectivity index (χ3v) is 4.22. The summed E-state index contributed by atoms with van der Waals surface area (Å²) in [6.45, 7) is -0.775. The zero-order chi connectivity index (χ0) is 22.6. The predicted octanol–water partition coefficient (Wildman–Crippen LogP) is 2.90. The number of nitrogens with one attached hydrogen (secondary N) is 1. The lowest BCUT2D eigenvalue weighted by Crippen LogP contribution is -2.37. The molecular formula is C22H20ClN3O5. The number of carbonyl (C=O) groups excluding carboxylic acids is 3. The van der Waals surface area contributed by atoms with Crippen LogP contribution in [0, 0.1) is 11.3 Å². The van der Waals surface area contributed by atoms with Crippen LogP contribution in [0.2, 0.25) is 5.02 Å². The van der Waals surface area contributed by atoms with Gasteiger partial charge in [-0.3, -0.25) is 9.59 Å². The number of hydrogen-bond donors (Lipinski definition) is 1. The first-order valence-electron chi connectivity index (χ1n) is 9.12. The summed E-state index contributed by atoms with van der Waals surface area (Å²) < 4.78 is 10.0. The first-order valence-corrected chi connectivity index (χ1v) is 9.50. The molecule has 31 heavy (non-hydrogen) atoms.